The number of rotatable bonds is 5. The molecule has 0 aromatic carbocycles. The van der Waals surface area contributed by atoms with Crippen LogP contribution >= 0.6 is 0 Å². The molecule has 2 atom stereocenters. The summed E-state index contributed by atoms with van der Waals surface area (Å²) in [5, 5.41) is 17.5. The van der Waals surface area contributed by atoms with Gasteiger partial charge in [-0.15, -0.1) is 0 Å². The van der Waals surface area contributed by atoms with Crippen molar-refractivity contribution in [3.8, 4) is 28.7 Å². The maximum Gasteiger partial charge on any atom is 0.253 e. The average Bonchev–Trinajstić information content (AvgIpc) is 3.21. The van der Waals surface area contributed by atoms with E-state index in [-0.39, 0.29) is 12.8 Å². The summed E-state index contributed by atoms with van der Waals surface area (Å²) in [6.45, 7) is 0. The van der Waals surface area contributed by atoms with Crippen LogP contribution in [0.3, 0.4) is 0 Å². The van der Waals surface area contributed by atoms with E-state index in [1.807, 2.05) is 29.8 Å². The highest BCUT2D eigenvalue weighted by atomic mass is 19.3. The van der Waals surface area contributed by atoms with Crippen molar-refractivity contribution in [1.29, 1.82) is 5.26 Å². The van der Waals surface area contributed by atoms with Crippen LogP contribution in [0.15, 0.2) is 43.2 Å². The van der Waals surface area contributed by atoms with Crippen molar-refractivity contribution in [2.45, 2.75) is 24.8 Å². The summed E-state index contributed by atoms with van der Waals surface area (Å²) >= 11 is 0. The van der Waals surface area contributed by atoms with E-state index in [1.54, 1.807) is 35.7 Å². The smallest absolute Gasteiger partial charge is 0.253 e. The third kappa shape index (κ3) is 2.95. The van der Waals surface area contributed by atoms with Crippen molar-refractivity contribution in [3.05, 3.63) is 43.2 Å². The maximum absolute atomic E-state index is 13.6. The van der Waals surface area contributed by atoms with Crippen molar-refractivity contribution in [2.75, 3.05) is 0 Å². The first-order valence-electron chi connectivity index (χ1n) is 9.09. The van der Waals surface area contributed by atoms with E-state index in [4.69, 9.17) is 10.2 Å². The first kappa shape index (κ1) is 17.5. The quantitative estimate of drug-likeness (QED) is 0.519. The third-order valence-corrected chi connectivity index (χ3v) is 5.23. The third-order valence-electron chi connectivity index (χ3n) is 5.23. The summed E-state index contributed by atoms with van der Waals surface area (Å²) in [7, 11) is 1.82. The Balaban J connectivity index is 1.58. The fourth-order valence-corrected chi connectivity index (χ4v) is 3.63. The average molecular weight is 394 g/mol. The molecule has 0 N–H and O–H groups in total. The first-order valence-corrected chi connectivity index (χ1v) is 9.09. The molecule has 1 aliphatic carbocycles. The van der Waals surface area contributed by atoms with Crippen molar-refractivity contribution in [1.82, 2.24) is 33.9 Å². The molecule has 10 heteroatoms. The van der Waals surface area contributed by atoms with Gasteiger partial charge in [-0.25, -0.2) is 18.7 Å². The van der Waals surface area contributed by atoms with Crippen LogP contribution in [0.1, 0.15) is 18.9 Å². The Morgan fingerprint density at radius 2 is 2.07 bits per heavy atom. The lowest BCUT2D eigenvalue weighted by Gasteiger charge is -2.13. The van der Waals surface area contributed by atoms with Gasteiger partial charge < -0.3 is 0 Å². The van der Waals surface area contributed by atoms with E-state index in [0.29, 0.717) is 22.7 Å². The van der Waals surface area contributed by atoms with Crippen LogP contribution in [0.25, 0.3) is 28.3 Å². The van der Waals surface area contributed by atoms with Crippen LogP contribution in [0.5, 0.6) is 0 Å². The van der Waals surface area contributed by atoms with Gasteiger partial charge in [0.05, 0.1) is 48.1 Å². The van der Waals surface area contributed by atoms with E-state index in [9.17, 15) is 8.78 Å². The van der Waals surface area contributed by atoms with Crippen LogP contribution < -0.4 is 0 Å². The van der Waals surface area contributed by atoms with Gasteiger partial charge in [0.1, 0.15) is 11.5 Å². The number of hydrogen-bond donors (Lipinski definition) is 0. The topological polar surface area (TPSA) is 89.6 Å². The van der Waals surface area contributed by atoms with E-state index >= 15 is 0 Å². The van der Waals surface area contributed by atoms with Crippen LogP contribution in [-0.4, -0.2) is 39.9 Å². The van der Waals surface area contributed by atoms with Crippen molar-refractivity contribution in [2.24, 2.45) is 13.0 Å². The first-order chi connectivity index (χ1) is 14.0. The number of alkyl halides is 2. The number of nitrogens with zero attached hydrogens (tertiary/aromatic N) is 8. The molecule has 0 unspecified atom stereocenters. The predicted molar refractivity (Wildman–Crippen MR) is 98.7 cm³/mol. The number of halogens is 2. The normalized spacial score (nSPS) is 18.6. The van der Waals surface area contributed by atoms with Gasteiger partial charge in [0.2, 0.25) is 0 Å². The molecule has 146 valence electrons. The van der Waals surface area contributed by atoms with Crippen LogP contribution in [-0.2, 0) is 7.05 Å². The summed E-state index contributed by atoms with van der Waals surface area (Å²) in [5.41, 5.74) is 2.89. The second-order valence-corrected chi connectivity index (χ2v) is 7.23. The Hall–Kier alpha value is -3.61. The minimum Gasteiger partial charge on any atom is -0.284 e. The molecule has 0 bridgehead atoms. The Bertz CT molecular complexity index is 1240. The molecule has 0 radical (unpaired) electrons. The minimum absolute atomic E-state index is 0.0228. The molecule has 1 saturated carbocycles. The van der Waals surface area contributed by atoms with Gasteiger partial charge in [0, 0.05) is 49.9 Å². The zero-order valence-corrected chi connectivity index (χ0v) is 15.4. The van der Waals surface area contributed by atoms with Gasteiger partial charge in [-0.1, -0.05) is 0 Å². The Labute approximate surface area is 164 Å². The Morgan fingerprint density at radius 1 is 1.28 bits per heavy atom. The van der Waals surface area contributed by atoms with Crippen LogP contribution in [0.2, 0.25) is 0 Å². The lowest BCUT2D eigenvalue weighted by Crippen LogP contribution is -2.15. The SMILES string of the molecule is Cn1cc(-c2cc3nccn3c(-c3cnn([C@@H](CC#N)[C@H]4CC4(F)F)c3)n2)cn1. The van der Waals surface area contributed by atoms with Crippen LogP contribution in [0.4, 0.5) is 8.78 Å². The second kappa shape index (κ2) is 6.20. The lowest BCUT2D eigenvalue weighted by molar-refractivity contribution is 0.0847. The number of hydrogen-bond acceptors (Lipinski definition) is 5. The van der Waals surface area contributed by atoms with Gasteiger partial charge in [-0.05, 0) is 0 Å². The number of aromatic nitrogens is 7. The van der Waals surface area contributed by atoms with Gasteiger partial charge >= 0.3 is 0 Å². The zero-order valence-electron chi connectivity index (χ0n) is 15.4. The van der Waals surface area contributed by atoms with E-state index < -0.39 is 17.9 Å². The summed E-state index contributed by atoms with van der Waals surface area (Å²) < 4.78 is 32.2. The molecular formula is C19H16F2N8. The highest BCUT2D eigenvalue weighted by Gasteiger charge is 2.61. The summed E-state index contributed by atoms with van der Waals surface area (Å²) in [6.07, 6.45) is 10.0. The van der Waals surface area contributed by atoms with E-state index in [2.05, 4.69) is 15.2 Å². The van der Waals surface area contributed by atoms with Crippen LogP contribution in [0, 0.1) is 17.2 Å². The zero-order chi connectivity index (χ0) is 20.2. The molecule has 1 fully saturated rings. The highest BCUT2D eigenvalue weighted by molar-refractivity contribution is 5.68. The summed E-state index contributed by atoms with van der Waals surface area (Å²) in [5.74, 6) is -3.01. The number of fused-ring (bicyclic) bond motifs is 1. The molecule has 8 nitrogen and oxygen atoms in total. The van der Waals surface area contributed by atoms with Crippen molar-refractivity contribution >= 4 is 5.65 Å². The standard InChI is InChI=1S/C19H16F2N8/c1-27-10-12(8-24-27)15-6-17-23-4-5-28(17)18(26-15)13-9-25-29(11-13)16(2-3-22)14-7-19(14,20)21/h4-6,8-11,14,16H,2,7H2,1H3/t14-,16+/m1/s1. The number of nitriles is 1. The predicted octanol–water partition coefficient (Wildman–Crippen LogP) is 3.10. The molecule has 0 saturated heterocycles. The monoisotopic (exact) mass is 394 g/mol. The molecule has 4 aromatic rings. The summed E-state index contributed by atoms with van der Waals surface area (Å²) in [4.78, 5) is 9.09. The maximum atomic E-state index is 13.6. The molecule has 4 heterocycles. The molecule has 0 spiro atoms. The highest BCUT2D eigenvalue weighted by Crippen LogP contribution is 2.55. The largest absolute Gasteiger partial charge is 0.284 e. The minimum atomic E-state index is -2.73. The molecular weight excluding hydrogens is 378 g/mol. The molecule has 4 aromatic heterocycles. The molecule has 5 rings (SSSR count). The molecule has 1 aliphatic rings. The number of aryl methyl sites for hydroxylation is 1. The fourth-order valence-electron chi connectivity index (χ4n) is 3.63. The van der Waals surface area contributed by atoms with Gasteiger partial charge in [0.25, 0.3) is 5.92 Å². The van der Waals surface area contributed by atoms with Gasteiger partial charge in [-0.2, -0.15) is 15.5 Å². The van der Waals surface area contributed by atoms with Crippen molar-refractivity contribution < 1.29 is 8.78 Å². The second-order valence-electron chi connectivity index (χ2n) is 7.23. The molecule has 0 aliphatic heterocycles. The fraction of sp³-hybridized carbons (Fsp3) is 0.316. The van der Waals surface area contributed by atoms with Gasteiger partial charge in [-0.3, -0.25) is 13.8 Å². The number of imidazole rings is 1. The Morgan fingerprint density at radius 3 is 2.76 bits per heavy atom. The molecule has 0 amide bonds. The Kier molecular flexibility index (Phi) is 3.74. The van der Waals surface area contributed by atoms with E-state index in [1.165, 1.54) is 4.68 Å². The molecule has 29 heavy (non-hydrogen) atoms. The van der Waals surface area contributed by atoms with Crippen molar-refractivity contribution in [3.63, 3.8) is 0 Å². The summed E-state index contributed by atoms with van der Waals surface area (Å²) in [6, 6.07) is 3.19. The lowest BCUT2D eigenvalue weighted by atomic mass is 10.1. The van der Waals surface area contributed by atoms with Gasteiger partial charge in [0.15, 0.2) is 0 Å². The van der Waals surface area contributed by atoms with E-state index in [0.717, 1.165) is 5.56 Å².